The Bertz CT molecular complexity index is 274. The number of likely N-dealkylation sites (tertiary alicyclic amines) is 1. The van der Waals surface area contributed by atoms with Crippen molar-refractivity contribution in [2.75, 3.05) is 13.1 Å². The van der Waals surface area contributed by atoms with Gasteiger partial charge in [-0.05, 0) is 25.2 Å². The number of hydrogen-bond donors (Lipinski definition) is 0. The van der Waals surface area contributed by atoms with E-state index in [0.717, 1.165) is 32.4 Å². The van der Waals surface area contributed by atoms with E-state index in [4.69, 9.17) is 0 Å². The van der Waals surface area contributed by atoms with Gasteiger partial charge in [0.1, 0.15) is 0 Å². The minimum absolute atomic E-state index is 0.0291. The Balaban J connectivity index is 1.96. The number of carbonyl (C=O) groups excluding carboxylic acids is 1. The molecular formula is C12H19NO. The summed E-state index contributed by atoms with van der Waals surface area (Å²) in [6.45, 7) is 10.0. The van der Waals surface area contributed by atoms with Gasteiger partial charge >= 0.3 is 0 Å². The molecule has 0 aromatic heterocycles. The number of nitrogens with zero attached hydrogens (tertiary/aromatic N) is 1. The lowest BCUT2D eigenvalue weighted by atomic mass is 10.0. The summed E-state index contributed by atoms with van der Waals surface area (Å²) in [4.78, 5) is 14.1. The minimum Gasteiger partial charge on any atom is -0.342 e. The lowest BCUT2D eigenvalue weighted by Crippen LogP contribution is -2.40. The number of rotatable bonds is 1. The highest BCUT2D eigenvalue weighted by Gasteiger charge is 2.54. The third-order valence-electron chi connectivity index (χ3n) is 3.90. The van der Waals surface area contributed by atoms with Gasteiger partial charge in [-0.15, -0.1) is 0 Å². The summed E-state index contributed by atoms with van der Waals surface area (Å²) in [6, 6.07) is 0. The highest BCUT2D eigenvalue weighted by Crippen LogP contribution is 2.53. The molecule has 0 unspecified atom stereocenters. The third-order valence-corrected chi connectivity index (χ3v) is 3.90. The Hall–Kier alpha value is -0.790. The maximum Gasteiger partial charge on any atom is 0.228 e. The highest BCUT2D eigenvalue weighted by molar-refractivity contribution is 5.85. The fourth-order valence-corrected chi connectivity index (χ4v) is 2.26. The molecule has 2 atom stereocenters. The first-order valence-electron chi connectivity index (χ1n) is 5.50. The van der Waals surface area contributed by atoms with Gasteiger partial charge in [0.15, 0.2) is 0 Å². The average molecular weight is 193 g/mol. The number of amides is 1. The molecule has 0 spiro atoms. The molecule has 0 aromatic carbocycles. The van der Waals surface area contributed by atoms with Gasteiger partial charge in [-0.1, -0.05) is 26.0 Å². The minimum atomic E-state index is -0.0291. The molecular weight excluding hydrogens is 174 g/mol. The Morgan fingerprint density at radius 1 is 1.50 bits per heavy atom. The van der Waals surface area contributed by atoms with E-state index in [9.17, 15) is 4.79 Å². The molecule has 2 heteroatoms. The van der Waals surface area contributed by atoms with Gasteiger partial charge < -0.3 is 4.90 Å². The van der Waals surface area contributed by atoms with Crippen molar-refractivity contribution in [3.05, 3.63) is 12.2 Å². The van der Waals surface area contributed by atoms with Gasteiger partial charge in [-0.25, -0.2) is 0 Å². The first-order chi connectivity index (χ1) is 6.54. The molecule has 1 saturated carbocycles. The third kappa shape index (κ3) is 1.47. The molecule has 2 fully saturated rings. The molecule has 1 saturated heterocycles. The van der Waals surface area contributed by atoms with Crippen LogP contribution in [-0.4, -0.2) is 23.9 Å². The van der Waals surface area contributed by atoms with Gasteiger partial charge in [-0.2, -0.15) is 0 Å². The predicted molar refractivity (Wildman–Crippen MR) is 56.8 cm³/mol. The Labute approximate surface area is 86.0 Å². The Kier molecular flexibility index (Phi) is 2.17. The van der Waals surface area contributed by atoms with E-state index in [-0.39, 0.29) is 5.41 Å². The summed E-state index contributed by atoms with van der Waals surface area (Å²) in [5, 5.41) is 0. The van der Waals surface area contributed by atoms with Crippen molar-refractivity contribution in [1.29, 1.82) is 0 Å². The lowest BCUT2D eigenvalue weighted by Gasteiger charge is -2.30. The van der Waals surface area contributed by atoms with Crippen LogP contribution >= 0.6 is 0 Å². The van der Waals surface area contributed by atoms with Crippen LogP contribution in [0, 0.1) is 11.3 Å². The molecule has 0 aromatic rings. The summed E-state index contributed by atoms with van der Waals surface area (Å²) < 4.78 is 0. The van der Waals surface area contributed by atoms with E-state index >= 15 is 0 Å². The first kappa shape index (κ1) is 9.75. The molecule has 0 N–H and O–H groups in total. The second-order valence-electron chi connectivity index (χ2n) is 5.06. The van der Waals surface area contributed by atoms with Gasteiger partial charge in [0.25, 0.3) is 0 Å². The molecule has 2 nitrogen and oxygen atoms in total. The Morgan fingerprint density at radius 2 is 2.00 bits per heavy atom. The maximum absolute atomic E-state index is 12.1. The number of hydrogen-bond acceptors (Lipinski definition) is 1. The van der Waals surface area contributed by atoms with Crippen molar-refractivity contribution in [2.45, 2.75) is 33.1 Å². The normalized spacial score (nSPS) is 37.1. The van der Waals surface area contributed by atoms with Gasteiger partial charge in [0.2, 0.25) is 5.91 Å². The van der Waals surface area contributed by atoms with E-state index in [0.29, 0.717) is 11.8 Å². The highest BCUT2D eigenvalue weighted by atomic mass is 16.2. The van der Waals surface area contributed by atoms with Crippen LogP contribution in [0.3, 0.4) is 0 Å². The average Bonchev–Trinajstić information content (AvgIpc) is 2.76. The van der Waals surface area contributed by atoms with Crippen LogP contribution in [0.1, 0.15) is 33.1 Å². The van der Waals surface area contributed by atoms with Crippen molar-refractivity contribution >= 4 is 5.91 Å². The fourth-order valence-electron chi connectivity index (χ4n) is 2.26. The predicted octanol–water partition coefficient (Wildman–Crippen LogP) is 2.21. The molecule has 1 aliphatic carbocycles. The van der Waals surface area contributed by atoms with E-state index in [2.05, 4.69) is 20.4 Å². The van der Waals surface area contributed by atoms with Gasteiger partial charge in [0.05, 0.1) is 0 Å². The van der Waals surface area contributed by atoms with Crippen LogP contribution in [0.2, 0.25) is 0 Å². The Morgan fingerprint density at radius 3 is 2.43 bits per heavy atom. The van der Waals surface area contributed by atoms with Crippen molar-refractivity contribution in [3.8, 4) is 0 Å². The summed E-state index contributed by atoms with van der Waals surface area (Å²) in [5.74, 6) is 0.956. The summed E-state index contributed by atoms with van der Waals surface area (Å²) in [6.07, 6.45) is 3.07. The van der Waals surface area contributed by atoms with Crippen LogP contribution in [0.15, 0.2) is 12.2 Å². The number of piperidine rings is 1. The smallest absolute Gasteiger partial charge is 0.228 e. The van der Waals surface area contributed by atoms with Crippen molar-refractivity contribution in [1.82, 2.24) is 4.90 Å². The standard InChI is InChI=1S/C12H19NO/c1-9-4-6-13(7-5-9)11(14)12(3)8-10(12)2/h10H,1,4-8H2,2-3H3/t10-,12-/m0/s1. The second-order valence-corrected chi connectivity index (χ2v) is 5.06. The molecule has 2 rings (SSSR count). The second kappa shape index (κ2) is 3.11. The largest absolute Gasteiger partial charge is 0.342 e. The van der Waals surface area contributed by atoms with Crippen molar-refractivity contribution < 1.29 is 4.79 Å². The first-order valence-corrected chi connectivity index (χ1v) is 5.50. The molecule has 0 radical (unpaired) electrons. The molecule has 0 bridgehead atoms. The van der Waals surface area contributed by atoms with E-state index in [1.165, 1.54) is 5.57 Å². The molecule has 78 valence electrons. The van der Waals surface area contributed by atoms with Gasteiger partial charge in [-0.3, -0.25) is 4.79 Å². The molecule has 2 aliphatic rings. The quantitative estimate of drug-likeness (QED) is 0.585. The van der Waals surface area contributed by atoms with Crippen LogP contribution in [0.5, 0.6) is 0 Å². The number of carbonyl (C=O) groups is 1. The van der Waals surface area contributed by atoms with E-state index in [1.54, 1.807) is 0 Å². The van der Waals surface area contributed by atoms with Crippen molar-refractivity contribution in [3.63, 3.8) is 0 Å². The molecule has 14 heavy (non-hydrogen) atoms. The zero-order chi connectivity index (χ0) is 10.3. The van der Waals surface area contributed by atoms with Crippen LogP contribution in [-0.2, 0) is 4.79 Å². The lowest BCUT2D eigenvalue weighted by molar-refractivity contribution is -0.137. The monoisotopic (exact) mass is 193 g/mol. The molecule has 1 aliphatic heterocycles. The summed E-state index contributed by atoms with van der Waals surface area (Å²) in [7, 11) is 0. The van der Waals surface area contributed by atoms with E-state index in [1.807, 2.05) is 4.90 Å². The van der Waals surface area contributed by atoms with Crippen LogP contribution < -0.4 is 0 Å². The van der Waals surface area contributed by atoms with Crippen LogP contribution in [0.25, 0.3) is 0 Å². The van der Waals surface area contributed by atoms with Gasteiger partial charge in [0, 0.05) is 18.5 Å². The SMILES string of the molecule is C=C1CCN(C(=O)[C@@]2(C)C[C@@H]2C)CC1. The molecule has 1 amide bonds. The summed E-state index contributed by atoms with van der Waals surface area (Å²) >= 11 is 0. The maximum atomic E-state index is 12.1. The van der Waals surface area contributed by atoms with Crippen molar-refractivity contribution in [2.24, 2.45) is 11.3 Å². The molecule has 1 heterocycles. The topological polar surface area (TPSA) is 20.3 Å². The zero-order valence-electron chi connectivity index (χ0n) is 9.18. The van der Waals surface area contributed by atoms with Crippen LogP contribution in [0.4, 0.5) is 0 Å². The summed E-state index contributed by atoms with van der Waals surface area (Å²) in [5.41, 5.74) is 1.27. The zero-order valence-corrected chi connectivity index (χ0v) is 9.18. The fraction of sp³-hybridized carbons (Fsp3) is 0.750. The van der Waals surface area contributed by atoms with E-state index < -0.39 is 0 Å².